The van der Waals surface area contributed by atoms with Crippen LogP contribution in [0.3, 0.4) is 0 Å². The van der Waals surface area contributed by atoms with E-state index in [0.29, 0.717) is 36.2 Å². The van der Waals surface area contributed by atoms with Crippen LogP contribution in [0.5, 0.6) is 23.0 Å². The van der Waals surface area contributed by atoms with Crippen molar-refractivity contribution in [3.05, 3.63) is 47.5 Å². The smallest absolute Gasteiger partial charge is 0.337 e. The number of carboxylic acid groups (broad SMARTS) is 2. The molecule has 0 amide bonds. The fourth-order valence-corrected chi connectivity index (χ4v) is 3.00. The van der Waals surface area contributed by atoms with Crippen LogP contribution < -0.4 is 18.9 Å². The molecule has 2 aromatic carbocycles. The maximum atomic E-state index is 12.0. The number of hydrogen-bond donors (Lipinski definition) is 2. The Balaban J connectivity index is 1.89. The average molecular weight is 370 g/mol. The van der Waals surface area contributed by atoms with Gasteiger partial charge in [0, 0.05) is 0 Å². The summed E-state index contributed by atoms with van der Waals surface area (Å²) < 4.78 is 21.4. The number of fused-ring (bicyclic) bond motifs is 2. The Morgan fingerprint density at radius 1 is 0.667 bits per heavy atom. The predicted molar refractivity (Wildman–Crippen MR) is 92.1 cm³/mol. The van der Waals surface area contributed by atoms with Crippen molar-refractivity contribution in [1.82, 2.24) is 0 Å². The number of hydrogen-bond acceptors (Lipinski definition) is 6. The van der Waals surface area contributed by atoms with Crippen molar-refractivity contribution in [3.8, 4) is 23.0 Å². The van der Waals surface area contributed by atoms with E-state index in [-0.39, 0.29) is 29.1 Å². The molecular weight excluding hydrogens is 356 g/mol. The lowest BCUT2D eigenvalue weighted by atomic mass is 9.94. The zero-order chi connectivity index (χ0) is 19.0. The zero-order valence-electron chi connectivity index (χ0n) is 13.9. The topological polar surface area (TPSA) is 112 Å². The molecule has 8 nitrogen and oxygen atoms in total. The van der Waals surface area contributed by atoms with Crippen molar-refractivity contribution in [3.63, 3.8) is 0 Å². The Kier molecular flexibility index (Phi) is 4.08. The molecule has 0 saturated carbocycles. The van der Waals surface area contributed by atoms with E-state index in [4.69, 9.17) is 18.9 Å². The molecule has 0 spiro atoms. The molecule has 0 unspecified atom stereocenters. The molecule has 2 aliphatic rings. The first-order valence-corrected chi connectivity index (χ1v) is 8.05. The second-order valence-electron chi connectivity index (χ2n) is 5.79. The summed E-state index contributed by atoms with van der Waals surface area (Å²) in [6.07, 6.45) is 0. The van der Waals surface area contributed by atoms with Gasteiger partial charge in [-0.15, -0.1) is 0 Å². The van der Waals surface area contributed by atoms with E-state index in [0.717, 1.165) is 0 Å². The van der Waals surface area contributed by atoms with E-state index < -0.39 is 11.9 Å². The minimum absolute atomic E-state index is 0.0266. The Morgan fingerprint density at radius 3 is 1.67 bits per heavy atom. The van der Waals surface area contributed by atoms with Crippen LogP contribution >= 0.6 is 0 Å². The van der Waals surface area contributed by atoms with Crippen LogP contribution in [0.1, 0.15) is 11.1 Å². The van der Waals surface area contributed by atoms with Gasteiger partial charge in [-0.25, -0.2) is 9.59 Å². The zero-order valence-corrected chi connectivity index (χ0v) is 13.9. The van der Waals surface area contributed by atoms with Crippen molar-refractivity contribution in [2.24, 2.45) is 0 Å². The molecule has 0 radical (unpaired) electrons. The van der Waals surface area contributed by atoms with Gasteiger partial charge in [0.25, 0.3) is 0 Å². The van der Waals surface area contributed by atoms with Gasteiger partial charge in [-0.2, -0.15) is 0 Å². The number of aliphatic carboxylic acids is 2. The van der Waals surface area contributed by atoms with E-state index in [1.807, 2.05) is 0 Å². The third kappa shape index (κ3) is 3.01. The summed E-state index contributed by atoms with van der Waals surface area (Å²) >= 11 is 0. The predicted octanol–water partition coefficient (Wildman–Crippen LogP) is 2.27. The first kappa shape index (κ1) is 16.8. The van der Waals surface area contributed by atoms with Gasteiger partial charge in [-0.3, -0.25) is 0 Å². The standard InChI is InChI=1S/C19H14O8/c20-18(21)16(10-1-3-12-14(7-10)25-6-5-24-12)17(19(22)23)11-2-4-13-15(8-11)27-9-26-13/h1-4,7-8H,5-6,9H2,(H,20,21)(H,22,23)/b17-16-. The largest absolute Gasteiger partial charge is 0.486 e. The van der Waals surface area contributed by atoms with Crippen LogP contribution in [0.25, 0.3) is 11.1 Å². The molecule has 4 rings (SSSR count). The number of rotatable bonds is 4. The van der Waals surface area contributed by atoms with Gasteiger partial charge in [0.1, 0.15) is 13.2 Å². The van der Waals surface area contributed by atoms with Gasteiger partial charge < -0.3 is 29.2 Å². The summed E-state index contributed by atoms with van der Waals surface area (Å²) in [6, 6.07) is 9.00. The highest BCUT2D eigenvalue weighted by molar-refractivity contribution is 6.36. The summed E-state index contributed by atoms with van der Waals surface area (Å²) in [6.45, 7) is 0.751. The molecule has 0 saturated heterocycles. The van der Waals surface area contributed by atoms with Gasteiger partial charge in [0.05, 0.1) is 11.1 Å². The molecule has 0 bridgehead atoms. The molecule has 2 aromatic rings. The van der Waals surface area contributed by atoms with Crippen LogP contribution in [0.15, 0.2) is 36.4 Å². The number of benzene rings is 2. The van der Waals surface area contributed by atoms with Crippen molar-refractivity contribution in [2.75, 3.05) is 20.0 Å². The summed E-state index contributed by atoms with van der Waals surface area (Å²) in [4.78, 5) is 23.9. The van der Waals surface area contributed by atoms with Gasteiger partial charge in [0.15, 0.2) is 23.0 Å². The van der Waals surface area contributed by atoms with Crippen LogP contribution in [0.2, 0.25) is 0 Å². The van der Waals surface area contributed by atoms with Crippen molar-refractivity contribution >= 4 is 23.1 Å². The van der Waals surface area contributed by atoms with E-state index in [1.54, 1.807) is 12.1 Å². The van der Waals surface area contributed by atoms with Gasteiger partial charge in [-0.05, 0) is 35.4 Å². The lowest BCUT2D eigenvalue weighted by molar-refractivity contribution is -0.132. The molecule has 138 valence electrons. The lowest BCUT2D eigenvalue weighted by Gasteiger charge is -2.19. The highest BCUT2D eigenvalue weighted by Gasteiger charge is 2.27. The Morgan fingerprint density at radius 2 is 1.11 bits per heavy atom. The van der Waals surface area contributed by atoms with Gasteiger partial charge >= 0.3 is 11.9 Å². The Labute approximate surface area is 153 Å². The summed E-state index contributed by atoms with van der Waals surface area (Å²) in [5, 5.41) is 19.5. The minimum Gasteiger partial charge on any atom is -0.486 e. The molecule has 2 aliphatic heterocycles. The lowest BCUT2D eigenvalue weighted by Crippen LogP contribution is -2.16. The van der Waals surface area contributed by atoms with Crippen LogP contribution in [-0.2, 0) is 9.59 Å². The normalized spacial score (nSPS) is 15.1. The molecular formula is C19H14O8. The summed E-state index contributed by atoms with van der Waals surface area (Å²) in [5.41, 5.74) is -0.336. The number of carboxylic acids is 2. The fourth-order valence-electron chi connectivity index (χ4n) is 3.00. The Bertz CT molecular complexity index is 976. The van der Waals surface area contributed by atoms with E-state index in [2.05, 4.69) is 0 Å². The van der Waals surface area contributed by atoms with Crippen LogP contribution in [-0.4, -0.2) is 42.2 Å². The molecule has 2 heterocycles. The van der Waals surface area contributed by atoms with E-state index >= 15 is 0 Å². The number of carbonyl (C=O) groups is 2. The highest BCUT2D eigenvalue weighted by atomic mass is 16.7. The van der Waals surface area contributed by atoms with Crippen molar-refractivity contribution < 1.29 is 38.7 Å². The fraction of sp³-hybridized carbons (Fsp3) is 0.158. The molecule has 27 heavy (non-hydrogen) atoms. The van der Waals surface area contributed by atoms with E-state index in [1.165, 1.54) is 24.3 Å². The van der Waals surface area contributed by atoms with Crippen LogP contribution in [0, 0.1) is 0 Å². The second-order valence-corrected chi connectivity index (χ2v) is 5.79. The molecule has 0 aromatic heterocycles. The third-order valence-corrected chi connectivity index (χ3v) is 4.17. The molecule has 0 fully saturated rings. The number of ether oxygens (including phenoxy) is 4. The van der Waals surface area contributed by atoms with Gasteiger partial charge in [0.2, 0.25) is 6.79 Å². The molecule has 0 aliphatic carbocycles. The van der Waals surface area contributed by atoms with Gasteiger partial charge in [-0.1, -0.05) is 12.1 Å². The van der Waals surface area contributed by atoms with Crippen molar-refractivity contribution in [1.29, 1.82) is 0 Å². The monoisotopic (exact) mass is 370 g/mol. The molecule has 2 N–H and O–H groups in total. The first-order chi connectivity index (χ1) is 13.0. The van der Waals surface area contributed by atoms with Crippen LogP contribution in [0.4, 0.5) is 0 Å². The Hall–Kier alpha value is -3.68. The minimum atomic E-state index is -1.37. The average Bonchev–Trinajstić information content (AvgIpc) is 3.12. The summed E-state index contributed by atoms with van der Waals surface area (Å²) in [5.74, 6) is -1.07. The quantitative estimate of drug-likeness (QED) is 0.623. The van der Waals surface area contributed by atoms with E-state index in [9.17, 15) is 19.8 Å². The first-order valence-electron chi connectivity index (χ1n) is 8.05. The highest BCUT2D eigenvalue weighted by Crippen LogP contribution is 2.38. The van der Waals surface area contributed by atoms with Crippen molar-refractivity contribution in [2.45, 2.75) is 0 Å². The maximum Gasteiger partial charge on any atom is 0.337 e. The maximum absolute atomic E-state index is 12.0. The second kappa shape index (κ2) is 6.56. The molecule has 0 atom stereocenters. The third-order valence-electron chi connectivity index (χ3n) is 4.17. The summed E-state index contributed by atoms with van der Waals surface area (Å²) in [7, 11) is 0. The molecule has 8 heteroatoms. The SMILES string of the molecule is O=C(O)/C(=C(\C(=O)O)c1ccc2c(c1)OCO2)c1ccc2c(c1)OCCO2.